The number of hydrogen-bond acceptors (Lipinski definition) is 3. The normalized spacial score (nSPS) is 11.2. The Hall–Kier alpha value is -2.33. The third-order valence-corrected chi connectivity index (χ3v) is 4.05. The largest absolute Gasteiger partial charge is 0.496 e. The van der Waals surface area contributed by atoms with E-state index in [9.17, 15) is 4.79 Å². The minimum absolute atomic E-state index is 0.0386. The monoisotopic (exact) mass is 327 g/mol. The number of ether oxygens (including phenoxy) is 1. The molecule has 0 fully saturated rings. The highest BCUT2D eigenvalue weighted by Gasteiger charge is 2.29. The Labute approximate surface area is 143 Å². The van der Waals surface area contributed by atoms with Crippen LogP contribution in [0.3, 0.4) is 0 Å². The summed E-state index contributed by atoms with van der Waals surface area (Å²) in [5.41, 5.74) is 2.25. The van der Waals surface area contributed by atoms with Crippen LogP contribution in [0.1, 0.15) is 25.0 Å². The van der Waals surface area contributed by atoms with Crippen LogP contribution in [0.5, 0.6) is 5.75 Å². The molecule has 0 unspecified atom stereocenters. The summed E-state index contributed by atoms with van der Waals surface area (Å²) in [5, 5.41) is 11.9. The molecular formula is C20H25NO3. The Balaban J connectivity index is 2.06. The van der Waals surface area contributed by atoms with Gasteiger partial charge >= 0.3 is 0 Å². The maximum absolute atomic E-state index is 12.7. The van der Waals surface area contributed by atoms with Crippen LogP contribution in [0.4, 0.5) is 5.69 Å². The molecule has 4 heteroatoms. The maximum atomic E-state index is 12.7. The summed E-state index contributed by atoms with van der Waals surface area (Å²) in [6, 6.07) is 15.3. The predicted molar refractivity (Wildman–Crippen MR) is 96.3 cm³/mol. The van der Waals surface area contributed by atoms with Gasteiger partial charge in [-0.15, -0.1) is 0 Å². The zero-order chi connectivity index (χ0) is 17.6. The quantitative estimate of drug-likeness (QED) is 0.819. The number of para-hydroxylation sites is 1. The Kier molecular flexibility index (Phi) is 5.99. The number of nitrogens with one attached hydrogen (secondary N) is 1. The molecule has 0 bridgehead atoms. The van der Waals surface area contributed by atoms with E-state index in [-0.39, 0.29) is 12.5 Å². The minimum atomic E-state index is -0.571. The van der Waals surface area contributed by atoms with E-state index in [2.05, 4.69) is 5.32 Å². The van der Waals surface area contributed by atoms with E-state index in [0.717, 1.165) is 22.6 Å². The number of aliphatic hydroxyl groups is 1. The molecule has 0 saturated heterocycles. The van der Waals surface area contributed by atoms with E-state index in [1.807, 2.05) is 62.4 Å². The van der Waals surface area contributed by atoms with Gasteiger partial charge in [-0.1, -0.05) is 44.2 Å². The van der Waals surface area contributed by atoms with Gasteiger partial charge in [-0.25, -0.2) is 0 Å². The van der Waals surface area contributed by atoms with Crippen molar-refractivity contribution in [2.24, 2.45) is 5.41 Å². The van der Waals surface area contributed by atoms with Gasteiger partial charge in [0.05, 0.1) is 7.11 Å². The summed E-state index contributed by atoms with van der Waals surface area (Å²) in [4.78, 5) is 12.7. The van der Waals surface area contributed by atoms with Gasteiger partial charge in [0.25, 0.3) is 0 Å². The van der Waals surface area contributed by atoms with Crippen molar-refractivity contribution in [3.8, 4) is 5.75 Å². The molecule has 24 heavy (non-hydrogen) atoms. The molecule has 2 N–H and O–H groups in total. The SMILES string of the molecule is COc1ccccc1CC(C)(C)C(=O)Nc1ccc(CCO)cc1. The van der Waals surface area contributed by atoms with Crippen LogP contribution in [-0.4, -0.2) is 24.7 Å². The third-order valence-electron chi connectivity index (χ3n) is 4.05. The van der Waals surface area contributed by atoms with Crippen molar-refractivity contribution < 1.29 is 14.6 Å². The van der Waals surface area contributed by atoms with Crippen LogP contribution in [-0.2, 0) is 17.6 Å². The van der Waals surface area contributed by atoms with Gasteiger partial charge in [0, 0.05) is 17.7 Å². The van der Waals surface area contributed by atoms with E-state index < -0.39 is 5.41 Å². The first-order valence-electron chi connectivity index (χ1n) is 8.09. The number of methoxy groups -OCH3 is 1. The van der Waals surface area contributed by atoms with Crippen LogP contribution in [0.25, 0.3) is 0 Å². The Morgan fingerprint density at radius 2 is 1.79 bits per heavy atom. The molecule has 0 aliphatic heterocycles. The predicted octanol–water partition coefficient (Wildman–Crippen LogP) is 3.44. The lowest BCUT2D eigenvalue weighted by Crippen LogP contribution is -2.32. The fourth-order valence-corrected chi connectivity index (χ4v) is 2.59. The van der Waals surface area contributed by atoms with Gasteiger partial charge in [-0.05, 0) is 42.2 Å². The zero-order valence-electron chi connectivity index (χ0n) is 14.5. The lowest BCUT2D eigenvalue weighted by Gasteiger charge is -2.24. The van der Waals surface area contributed by atoms with Crippen molar-refractivity contribution in [1.29, 1.82) is 0 Å². The maximum Gasteiger partial charge on any atom is 0.230 e. The summed E-state index contributed by atoms with van der Waals surface area (Å²) in [6.07, 6.45) is 1.21. The van der Waals surface area contributed by atoms with Gasteiger partial charge < -0.3 is 15.2 Å². The number of hydrogen-bond donors (Lipinski definition) is 2. The standard InChI is InChI=1S/C20H25NO3/c1-20(2,14-16-6-4-5-7-18(16)24-3)19(23)21-17-10-8-15(9-11-17)12-13-22/h4-11,22H,12-14H2,1-3H3,(H,21,23). The average molecular weight is 327 g/mol. The molecule has 0 aliphatic carbocycles. The molecule has 128 valence electrons. The average Bonchev–Trinajstić information content (AvgIpc) is 2.57. The smallest absolute Gasteiger partial charge is 0.230 e. The van der Waals surface area contributed by atoms with Crippen molar-refractivity contribution in [1.82, 2.24) is 0 Å². The third kappa shape index (κ3) is 4.59. The summed E-state index contributed by atoms with van der Waals surface area (Å²) in [7, 11) is 1.64. The molecule has 0 spiro atoms. The molecule has 1 amide bonds. The fraction of sp³-hybridized carbons (Fsp3) is 0.350. The number of anilines is 1. The molecule has 0 atom stereocenters. The van der Waals surface area contributed by atoms with Crippen LogP contribution >= 0.6 is 0 Å². The number of rotatable bonds is 7. The number of benzene rings is 2. The molecule has 4 nitrogen and oxygen atoms in total. The van der Waals surface area contributed by atoms with Gasteiger partial charge in [-0.2, -0.15) is 0 Å². The molecule has 2 aromatic carbocycles. The van der Waals surface area contributed by atoms with Crippen molar-refractivity contribution in [2.75, 3.05) is 19.0 Å². The van der Waals surface area contributed by atoms with E-state index in [4.69, 9.17) is 9.84 Å². The Morgan fingerprint density at radius 1 is 1.12 bits per heavy atom. The molecular weight excluding hydrogens is 302 g/mol. The van der Waals surface area contributed by atoms with Crippen molar-refractivity contribution in [3.63, 3.8) is 0 Å². The molecule has 0 aliphatic rings. The van der Waals surface area contributed by atoms with Crippen molar-refractivity contribution in [3.05, 3.63) is 59.7 Å². The van der Waals surface area contributed by atoms with E-state index >= 15 is 0 Å². The molecule has 0 aromatic heterocycles. The van der Waals surface area contributed by atoms with Crippen LogP contribution in [0, 0.1) is 5.41 Å². The highest BCUT2D eigenvalue weighted by atomic mass is 16.5. The van der Waals surface area contributed by atoms with Crippen LogP contribution in [0.15, 0.2) is 48.5 Å². The fourth-order valence-electron chi connectivity index (χ4n) is 2.59. The second kappa shape index (κ2) is 7.97. The summed E-state index contributed by atoms with van der Waals surface area (Å²) >= 11 is 0. The summed E-state index contributed by atoms with van der Waals surface area (Å²) in [6.45, 7) is 3.97. The first kappa shape index (κ1) is 18.0. The van der Waals surface area contributed by atoms with E-state index in [1.54, 1.807) is 7.11 Å². The minimum Gasteiger partial charge on any atom is -0.496 e. The second-order valence-corrected chi connectivity index (χ2v) is 6.50. The number of aliphatic hydroxyl groups excluding tert-OH is 1. The number of amides is 1. The highest BCUT2D eigenvalue weighted by Crippen LogP contribution is 2.29. The Bertz CT molecular complexity index is 678. The van der Waals surface area contributed by atoms with Crippen LogP contribution in [0.2, 0.25) is 0 Å². The molecule has 2 aromatic rings. The lowest BCUT2D eigenvalue weighted by atomic mass is 9.84. The first-order chi connectivity index (χ1) is 11.5. The first-order valence-corrected chi connectivity index (χ1v) is 8.09. The number of carbonyl (C=O) groups excluding carboxylic acids is 1. The highest BCUT2D eigenvalue weighted by molar-refractivity contribution is 5.95. The van der Waals surface area contributed by atoms with E-state index in [0.29, 0.717) is 12.8 Å². The molecule has 0 saturated carbocycles. The van der Waals surface area contributed by atoms with Gasteiger partial charge in [0.15, 0.2) is 0 Å². The molecule has 0 radical (unpaired) electrons. The summed E-state index contributed by atoms with van der Waals surface area (Å²) < 4.78 is 5.37. The van der Waals surface area contributed by atoms with Crippen molar-refractivity contribution in [2.45, 2.75) is 26.7 Å². The summed E-state index contributed by atoms with van der Waals surface area (Å²) in [5.74, 6) is 0.759. The topological polar surface area (TPSA) is 58.6 Å². The van der Waals surface area contributed by atoms with Gasteiger partial charge in [-0.3, -0.25) is 4.79 Å². The number of carbonyl (C=O) groups is 1. The lowest BCUT2D eigenvalue weighted by molar-refractivity contribution is -0.123. The second-order valence-electron chi connectivity index (χ2n) is 6.50. The van der Waals surface area contributed by atoms with E-state index in [1.165, 1.54) is 0 Å². The molecule has 2 rings (SSSR count). The Morgan fingerprint density at radius 3 is 2.42 bits per heavy atom. The zero-order valence-corrected chi connectivity index (χ0v) is 14.5. The molecule has 0 heterocycles. The van der Waals surface area contributed by atoms with Gasteiger partial charge in [0.1, 0.15) is 5.75 Å². The van der Waals surface area contributed by atoms with Gasteiger partial charge in [0.2, 0.25) is 5.91 Å². The van der Waals surface area contributed by atoms with Crippen molar-refractivity contribution >= 4 is 11.6 Å². The van der Waals surface area contributed by atoms with Crippen LogP contribution < -0.4 is 10.1 Å².